The van der Waals surface area contributed by atoms with Gasteiger partial charge < -0.3 is 15.8 Å². The van der Waals surface area contributed by atoms with Crippen molar-refractivity contribution in [3.63, 3.8) is 0 Å². The summed E-state index contributed by atoms with van der Waals surface area (Å²) in [6.07, 6.45) is 2.43. The fourth-order valence-electron chi connectivity index (χ4n) is 1.65. The van der Waals surface area contributed by atoms with Gasteiger partial charge in [-0.05, 0) is 37.0 Å². The molecule has 1 amide bonds. The molecule has 2 rings (SSSR count). The summed E-state index contributed by atoms with van der Waals surface area (Å²) in [5.74, 6) is 0.822. The van der Waals surface area contributed by atoms with Crippen LogP contribution in [0.25, 0.3) is 0 Å². The first kappa shape index (κ1) is 14.8. The number of ether oxygens (including phenoxy) is 1. The van der Waals surface area contributed by atoms with E-state index in [0.717, 1.165) is 25.0 Å². The van der Waals surface area contributed by atoms with E-state index in [9.17, 15) is 4.79 Å². The molecule has 0 bridgehead atoms. The summed E-state index contributed by atoms with van der Waals surface area (Å²) in [6.45, 7) is 0.629. The molecule has 1 saturated carbocycles. The molecule has 1 aromatic rings. The topological polar surface area (TPSA) is 64.3 Å². The SMILES string of the molecule is COc1ccc(CCNC(=O)C2(N)CC2)cc1.Cl. The molecule has 1 aromatic carbocycles. The van der Waals surface area contributed by atoms with E-state index in [2.05, 4.69) is 5.32 Å². The van der Waals surface area contributed by atoms with E-state index in [1.807, 2.05) is 24.3 Å². The number of benzene rings is 1. The molecule has 1 fully saturated rings. The Morgan fingerprint density at radius 1 is 1.39 bits per heavy atom. The van der Waals surface area contributed by atoms with Crippen molar-refractivity contribution in [3.8, 4) is 5.75 Å². The van der Waals surface area contributed by atoms with Gasteiger partial charge in [0.05, 0.1) is 12.6 Å². The highest BCUT2D eigenvalue weighted by Crippen LogP contribution is 2.31. The molecule has 0 aromatic heterocycles. The van der Waals surface area contributed by atoms with Crippen molar-refractivity contribution in [2.45, 2.75) is 24.8 Å². The average molecular weight is 271 g/mol. The largest absolute Gasteiger partial charge is 0.497 e. The molecule has 3 N–H and O–H groups in total. The summed E-state index contributed by atoms with van der Waals surface area (Å²) in [7, 11) is 1.64. The second-order valence-corrected chi connectivity index (χ2v) is 4.51. The normalized spacial score (nSPS) is 15.4. The highest BCUT2D eigenvalue weighted by molar-refractivity contribution is 5.88. The molecule has 18 heavy (non-hydrogen) atoms. The van der Waals surface area contributed by atoms with Crippen molar-refractivity contribution in [3.05, 3.63) is 29.8 Å². The average Bonchev–Trinajstić information content (AvgIpc) is 3.09. The molecule has 0 atom stereocenters. The first-order valence-corrected chi connectivity index (χ1v) is 5.84. The standard InChI is InChI=1S/C13H18N2O2.ClH/c1-17-11-4-2-10(3-5-11)6-9-15-12(16)13(14)7-8-13;/h2-5H,6-9,14H2,1H3,(H,15,16);1H. The van der Waals surface area contributed by atoms with Gasteiger partial charge in [-0.1, -0.05) is 12.1 Å². The number of carbonyl (C=O) groups excluding carboxylic acids is 1. The zero-order chi connectivity index (χ0) is 12.3. The molecule has 0 aliphatic heterocycles. The predicted molar refractivity (Wildman–Crippen MR) is 73.1 cm³/mol. The second kappa shape index (κ2) is 6.07. The van der Waals surface area contributed by atoms with Gasteiger partial charge in [0.1, 0.15) is 5.75 Å². The minimum Gasteiger partial charge on any atom is -0.497 e. The molecule has 5 heteroatoms. The molecular weight excluding hydrogens is 252 g/mol. The molecule has 0 unspecified atom stereocenters. The fourth-order valence-corrected chi connectivity index (χ4v) is 1.65. The second-order valence-electron chi connectivity index (χ2n) is 4.51. The smallest absolute Gasteiger partial charge is 0.240 e. The van der Waals surface area contributed by atoms with Gasteiger partial charge in [-0.25, -0.2) is 0 Å². The highest BCUT2D eigenvalue weighted by atomic mass is 35.5. The maximum Gasteiger partial charge on any atom is 0.240 e. The number of carbonyl (C=O) groups is 1. The fraction of sp³-hybridized carbons (Fsp3) is 0.462. The van der Waals surface area contributed by atoms with Crippen LogP contribution in [0.4, 0.5) is 0 Å². The van der Waals surface area contributed by atoms with Crippen molar-refractivity contribution in [2.75, 3.05) is 13.7 Å². The third kappa shape index (κ3) is 3.62. The van der Waals surface area contributed by atoms with Crippen LogP contribution in [0.2, 0.25) is 0 Å². The minimum atomic E-state index is -0.570. The van der Waals surface area contributed by atoms with E-state index in [1.165, 1.54) is 5.56 Å². The maximum atomic E-state index is 11.6. The Hall–Kier alpha value is -1.26. The summed E-state index contributed by atoms with van der Waals surface area (Å²) < 4.78 is 5.08. The lowest BCUT2D eigenvalue weighted by atomic mass is 10.1. The van der Waals surface area contributed by atoms with Crippen molar-refractivity contribution in [1.82, 2.24) is 5.32 Å². The lowest BCUT2D eigenvalue weighted by Gasteiger charge is -2.10. The van der Waals surface area contributed by atoms with Gasteiger partial charge in [-0.2, -0.15) is 0 Å². The molecule has 0 heterocycles. The number of hydrogen-bond donors (Lipinski definition) is 2. The van der Waals surface area contributed by atoms with Gasteiger partial charge in [-0.15, -0.1) is 12.4 Å². The number of nitrogens with two attached hydrogens (primary N) is 1. The number of halogens is 1. The van der Waals surface area contributed by atoms with Gasteiger partial charge in [0.15, 0.2) is 0 Å². The molecule has 1 aliphatic rings. The Kier molecular flexibility index (Phi) is 4.99. The zero-order valence-electron chi connectivity index (χ0n) is 10.4. The minimum absolute atomic E-state index is 0. The molecule has 0 radical (unpaired) electrons. The van der Waals surface area contributed by atoms with Crippen LogP contribution in [-0.4, -0.2) is 25.1 Å². The van der Waals surface area contributed by atoms with Crippen molar-refractivity contribution in [1.29, 1.82) is 0 Å². The van der Waals surface area contributed by atoms with Crippen LogP contribution in [0.1, 0.15) is 18.4 Å². The Balaban J connectivity index is 0.00000162. The number of rotatable bonds is 5. The van der Waals surface area contributed by atoms with Gasteiger partial charge in [0.2, 0.25) is 5.91 Å². The van der Waals surface area contributed by atoms with Crippen molar-refractivity contribution >= 4 is 18.3 Å². The number of methoxy groups -OCH3 is 1. The highest BCUT2D eigenvalue weighted by Gasteiger charge is 2.45. The van der Waals surface area contributed by atoms with Crippen LogP contribution in [-0.2, 0) is 11.2 Å². The predicted octanol–water partition coefficient (Wildman–Crippen LogP) is 1.27. The summed E-state index contributed by atoms with van der Waals surface area (Å²) in [5.41, 5.74) is 6.38. The number of amides is 1. The molecule has 4 nitrogen and oxygen atoms in total. The van der Waals surface area contributed by atoms with E-state index in [0.29, 0.717) is 6.54 Å². The Morgan fingerprint density at radius 2 is 2.00 bits per heavy atom. The van der Waals surface area contributed by atoms with Crippen molar-refractivity contribution in [2.24, 2.45) is 5.73 Å². The quantitative estimate of drug-likeness (QED) is 0.847. The van der Waals surface area contributed by atoms with Crippen LogP contribution in [0.5, 0.6) is 5.75 Å². The van der Waals surface area contributed by atoms with Gasteiger partial charge in [0, 0.05) is 6.54 Å². The van der Waals surface area contributed by atoms with E-state index >= 15 is 0 Å². The van der Waals surface area contributed by atoms with E-state index < -0.39 is 5.54 Å². The molecule has 0 spiro atoms. The van der Waals surface area contributed by atoms with Crippen molar-refractivity contribution < 1.29 is 9.53 Å². The zero-order valence-corrected chi connectivity index (χ0v) is 11.3. The summed E-state index contributed by atoms with van der Waals surface area (Å²) in [6, 6.07) is 7.84. The number of nitrogens with one attached hydrogen (secondary N) is 1. The van der Waals surface area contributed by atoms with E-state index in [-0.39, 0.29) is 18.3 Å². The summed E-state index contributed by atoms with van der Waals surface area (Å²) >= 11 is 0. The van der Waals surface area contributed by atoms with Gasteiger partial charge in [0.25, 0.3) is 0 Å². The number of hydrogen-bond acceptors (Lipinski definition) is 3. The first-order chi connectivity index (χ1) is 8.14. The Labute approximate surface area is 113 Å². The lowest BCUT2D eigenvalue weighted by molar-refractivity contribution is -0.123. The Morgan fingerprint density at radius 3 is 2.50 bits per heavy atom. The lowest BCUT2D eigenvalue weighted by Crippen LogP contribution is -2.43. The van der Waals surface area contributed by atoms with Crippen LogP contribution in [0.3, 0.4) is 0 Å². The van der Waals surface area contributed by atoms with Gasteiger partial charge >= 0.3 is 0 Å². The molecule has 1 aliphatic carbocycles. The monoisotopic (exact) mass is 270 g/mol. The summed E-state index contributed by atoms with van der Waals surface area (Å²) in [5, 5.41) is 2.87. The van der Waals surface area contributed by atoms with Crippen LogP contribution >= 0.6 is 12.4 Å². The first-order valence-electron chi connectivity index (χ1n) is 5.84. The molecule has 0 saturated heterocycles. The third-order valence-corrected chi connectivity index (χ3v) is 3.10. The van der Waals surface area contributed by atoms with E-state index in [1.54, 1.807) is 7.11 Å². The third-order valence-electron chi connectivity index (χ3n) is 3.10. The molecule has 100 valence electrons. The van der Waals surface area contributed by atoms with Crippen LogP contribution in [0, 0.1) is 0 Å². The Bertz CT molecular complexity index is 402. The molecular formula is C13H19ClN2O2. The van der Waals surface area contributed by atoms with E-state index in [4.69, 9.17) is 10.5 Å². The summed E-state index contributed by atoms with van der Waals surface area (Å²) in [4.78, 5) is 11.6. The van der Waals surface area contributed by atoms with Gasteiger partial charge in [-0.3, -0.25) is 4.79 Å². The van der Waals surface area contributed by atoms with Crippen LogP contribution in [0.15, 0.2) is 24.3 Å². The van der Waals surface area contributed by atoms with Crippen LogP contribution < -0.4 is 15.8 Å². The maximum absolute atomic E-state index is 11.6.